The Balaban J connectivity index is 0.00000238. The second-order valence-electron chi connectivity index (χ2n) is 15.1. The van der Waals surface area contributed by atoms with E-state index in [1.165, 1.54) is 5.56 Å². The minimum atomic E-state index is -6.13. The van der Waals surface area contributed by atoms with E-state index in [0.717, 1.165) is 0 Å². The van der Waals surface area contributed by atoms with E-state index in [2.05, 4.69) is 20.0 Å². The van der Waals surface area contributed by atoms with Gasteiger partial charge in [0.2, 0.25) is 0 Å². The first-order chi connectivity index (χ1) is 35.2. The Labute approximate surface area is 440 Å². The molecule has 0 spiro atoms. The molecule has 5 aromatic carbocycles. The zero-order chi connectivity index (χ0) is 60.0. The number of benzene rings is 5. The summed E-state index contributed by atoms with van der Waals surface area (Å²) in [5, 5.41) is 0. The molecule has 1 saturated carbocycles. The van der Waals surface area contributed by atoms with Crippen LogP contribution < -0.4 is 21.9 Å². The standard InChI is InChI=1S/C32H12BF24.C8H10O.C5H5.3CO.W/c34-25(35,36)13-1-14(26(37,38)39)6-21(5-13)33(22-7-15(27(40,41)42)2-16(8-22)28(43,44)45,23-9-17(29(46,47)48)3-18(10-23)30(49,50)51)24-11-19(31(52,53)54)4-20(12-24)32(55,56)57;1-9-7-8-5-3-2-4-6-8;1-2-4-5-3-1;3*1-2;/h1-12H;2-6H,7H2,1H3;1-5H;;;;/q-1;;;;;;+2. The second kappa shape index (κ2) is 28.5. The maximum Gasteiger partial charge on any atom is 2.00 e. The summed E-state index contributed by atoms with van der Waals surface area (Å²) in [7, 11) is 1.70. The van der Waals surface area contributed by atoms with E-state index in [-0.39, 0.29) is 21.1 Å². The average molecular weight is 1320 g/mol. The molecule has 30 heteroatoms. The van der Waals surface area contributed by atoms with Gasteiger partial charge in [-0.15, -0.1) is 0 Å². The van der Waals surface area contributed by atoms with E-state index >= 15 is 0 Å². The molecule has 5 aromatic rings. The number of halogens is 24. The van der Waals surface area contributed by atoms with Crippen LogP contribution in [0.5, 0.6) is 0 Å². The van der Waals surface area contributed by atoms with Gasteiger partial charge >= 0.3 is 104 Å². The van der Waals surface area contributed by atoms with Crippen molar-refractivity contribution in [3.05, 3.63) is 205 Å². The first kappa shape index (κ1) is 72.4. The predicted octanol–water partition coefficient (Wildman–Crippen LogP) is 14.0. The largest absolute Gasteiger partial charge is 2.00 e. The number of hydrogen-bond acceptors (Lipinski definition) is 1. The fraction of sp³-hybridized carbons (Fsp3) is 0.208. The summed E-state index contributed by atoms with van der Waals surface area (Å²) >= 11 is 0. The van der Waals surface area contributed by atoms with Gasteiger partial charge in [0.05, 0.1) is 51.1 Å². The monoisotopic (exact) mass is 1320 g/mol. The maximum absolute atomic E-state index is 14.2. The average Bonchev–Trinajstić information content (AvgIpc) is 3.93. The SMILES string of the molecule is COCc1ccccc1.FC(F)(F)c1cc([B-](c2cc(C(F)(F)F)cc(C(F)(F)F)c2)(c2cc(C(F)(F)F)cc(C(F)(F)F)c2)c2cc(C(F)(F)F)cc(C(F)(F)F)c2)cc(C(F)(F)F)c1.[C-]#[O+].[C-]#[O+].[C-]#[O+].[CH]1[CH][CH][CH][CH]1.[W+2]. The summed E-state index contributed by atoms with van der Waals surface area (Å²) in [5.74, 6) is 0. The summed E-state index contributed by atoms with van der Waals surface area (Å²) in [6, 6.07) is 1.30. The van der Waals surface area contributed by atoms with Crippen molar-refractivity contribution < 1.29 is 145 Å². The third kappa shape index (κ3) is 19.9. The summed E-state index contributed by atoms with van der Waals surface area (Å²) in [4.78, 5) is 0. The Morgan fingerprint density at radius 1 is 0.321 bits per heavy atom. The Morgan fingerprint density at radius 2 is 0.487 bits per heavy atom. The Hall–Kier alpha value is -5.65. The molecule has 5 radical (unpaired) electrons. The van der Waals surface area contributed by atoms with Gasteiger partial charge in [0.1, 0.15) is 6.15 Å². The predicted molar refractivity (Wildman–Crippen MR) is 221 cm³/mol. The van der Waals surface area contributed by atoms with Crippen LogP contribution in [0.25, 0.3) is 0 Å². The molecule has 419 valence electrons. The van der Waals surface area contributed by atoms with Gasteiger partial charge in [-0.25, -0.2) is 0 Å². The zero-order valence-corrected chi connectivity index (χ0v) is 41.0. The first-order valence-electron chi connectivity index (χ1n) is 19.9. The summed E-state index contributed by atoms with van der Waals surface area (Å²) < 4.78 is 368. The van der Waals surface area contributed by atoms with Crippen LogP contribution in [-0.2, 0) is 95.8 Å². The van der Waals surface area contributed by atoms with Crippen LogP contribution in [0, 0.1) is 52.1 Å². The molecule has 0 aliphatic heterocycles. The molecule has 1 aliphatic rings. The molecule has 1 fully saturated rings. The van der Waals surface area contributed by atoms with Gasteiger partial charge in [0.15, 0.2) is 0 Å². The molecule has 0 N–H and O–H groups in total. The van der Waals surface area contributed by atoms with E-state index in [1.54, 1.807) is 7.11 Å². The molecule has 78 heavy (non-hydrogen) atoms. The van der Waals surface area contributed by atoms with Crippen molar-refractivity contribution in [1.82, 2.24) is 0 Å². The summed E-state index contributed by atoms with van der Waals surface area (Å²) in [5.41, 5.74) is -29.0. The van der Waals surface area contributed by atoms with Crippen LogP contribution in [0.15, 0.2) is 103 Å². The summed E-state index contributed by atoms with van der Waals surface area (Å²) in [6.07, 6.45) is -44.8. The molecule has 0 bridgehead atoms. The Morgan fingerprint density at radius 3 is 0.628 bits per heavy atom. The van der Waals surface area contributed by atoms with Crippen molar-refractivity contribution in [2.24, 2.45) is 0 Å². The Kier molecular flexibility index (Phi) is 26.4. The Bertz CT molecular complexity index is 2290. The maximum atomic E-state index is 14.2. The number of alkyl halides is 24. The molecule has 0 unspecified atom stereocenters. The smallest absolute Gasteiger partial charge is 0.0312 e. The van der Waals surface area contributed by atoms with E-state index in [0.29, 0.717) is 6.61 Å². The van der Waals surface area contributed by atoms with Gasteiger partial charge in [-0.05, 0) is 61.9 Å². The minimum Gasteiger partial charge on any atom is -0.0312 e. The van der Waals surface area contributed by atoms with E-state index in [9.17, 15) is 105 Å². The van der Waals surface area contributed by atoms with Gasteiger partial charge in [-0.2, -0.15) is 127 Å². The molecule has 0 atom stereocenters. The molecular formula is C48H27BF24O4W+. The van der Waals surface area contributed by atoms with Crippen LogP contribution in [0.2, 0.25) is 0 Å². The fourth-order valence-corrected chi connectivity index (χ4v) is 7.13. The van der Waals surface area contributed by atoms with Crippen molar-refractivity contribution in [2.75, 3.05) is 7.11 Å². The van der Waals surface area contributed by atoms with Gasteiger partial charge < -0.3 is 4.74 Å². The molecule has 0 saturated heterocycles. The molecule has 0 amide bonds. The molecular weight excluding hydrogens is 1290 g/mol. The second-order valence-corrected chi connectivity index (χ2v) is 15.1. The van der Waals surface area contributed by atoms with Crippen LogP contribution in [-0.4, -0.2) is 13.3 Å². The molecule has 0 aromatic heterocycles. The van der Waals surface area contributed by atoms with Crippen molar-refractivity contribution >= 4 is 28.0 Å². The van der Waals surface area contributed by atoms with Gasteiger partial charge in [0.25, 0.3) is 0 Å². The normalized spacial score (nSPS) is 13.2. The van der Waals surface area contributed by atoms with Crippen LogP contribution in [0.1, 0.15) is 50.1 Å². The molecule has 1 aliphatic carbocycles. The minimum absolute atomic E-state index is 0. The van der Waals surface area contributed by atoms with Gasteiger partial charge in [-0.3, -0.25) is 0 Å². The van der Waals surface area contributed by atoms with Crippen LogP contribution in [0.3, 0.4) is 0 Å². The van der Waals surface area contributed by atoms with Gasteiger partial charge in [-0.1, -0.05) is 78.9 Å². The van der Waals surface area contributed by atoms with Crippen LogP contribution in [0.4, 0.5) is 105 Å². The third-order valence-corrected chi connectivity index (χ3v) is 10.1. The molecule has 0 heterocycles. The summed E-state index contributed by atoms with van der Waals surface area (Å²) in [6.45, 7) is 14.2. The van der Waals surface area contributed by atoms with Crippen molar-refractivity contribution in [2.45, 2.75) is 56.0 Å². The molecule has 6 rings (SSSR count). The number of methoxy groups -OCH3 is 1. The number of rotatable bonds is 6. The van der Waals surface area contributed by atoms with Gasteiger partial charge in [0, 0.05) is 7.11 Å². The molecule has 4 nitrogen and oxygen atoms in total. The first-order valence-corrected chi connectivity index (χ1v) is 19.9. The van der Waals surface area contributed by atoms with Crippen LogP contribution >= 0.6 is 0 Å². The fourth-order valence-electron chi connectivity index (χ4n) is 7.13. The quantitative estimate of drug-likeness (QED) is 0.0723. The van der Waals surface area contributed by atoms with Crippen molar-refractivity contribution in [1.29, 1.82) is 0 Å². The van der Waals surface area contributed by atoms with E-state index in [4.69, 9.17) is 18.7 Å². The topological polar surface area (TPSA) is 68.9 Å². The van der Waals surface area contributed by atoms with E-state index in [1.807, 2.05) is 62.4 Å². The van der Waals surface area contributed by atoms with Crippen molar-refractivity contribution in [3.63, 3.8) is 0 Å². The third-order valence-electron chi connectivity index (χ3n) is 10.1. The zero-order valence-electron chi connectivity index (χ0n) is 38.1. The number of hydrogen-bond donors (Lipinski definition) is 0. The number of ether oxygens (including phenoxy) is 1. The van der Waals surface area contributed by atoms with Crippen molar-refractivity contribution in [3.8, 4) is 0 Å². The van der Waals surface area contributed by atoms with E-state index < -0.39 is 195 Å².